The minimum Gasteiger partial charge on any atom is -0.375 e. The SMILES string of the molecule is Cc1cccc(NCC(=O)NCCC(C)C)c1Cl. The highest BCUT2D eigenvalue weighted by molar-refractivity contribution is 6.34. The fourth-order valence-corrected chi connectivity index (χ4v) is 1.72. The Bertz CT molecular complexity index is 405. The molecule has 2 N–H and O–H groups in total. The minimum atomic E-state index is -0.00628. The van der Waals surface area contributed by atoms with E-state index >= 15 is 0 Å². The third-order valence-corrected chi connectivity index (χ3v) is 3.18. The van der Waals surface area contributed by atoms with Gasteiger partial charge in [0, 0.05) is 6.54 Å². The van der Waals surface area contributed by atoms with Gasteiger partial charge < -0.3 is 10.6 Å². The summed E-state index contributed by atoms with van der Waals surface area (Å²) in [5.74, 6) is 0.595. The number of anilines is 1. The van der Waals surface area contributed by atoms with Crippen LogP contribution in [0.25, 0.3) is 0 Å². The molecule has 0 aromatic heterocycles. The smallest absolute Gasteiger partial charge is 0.239 e. The van der Waals surface area contributed by atoms with E-state index in [0.717, 1.165) is 24.2 Å². The molecule has 3 nitrogen and oxygen atoms in total. The number of hydrogen-bond donors (Lipinski definition) is 2. The van der Waals surface area contributed by atoms with Gasteiger partial charge in [0.15, 0.2) is 0 Å². The molecule has 1 amide bonds. The first-order valence-electron chi connectivity index (χ1n) is 6.26. The van der Waals surface area contributed by atoms with Gasteiger partial charge in [0.1, 0.15) is 0 Å². The third-order valence-electron chi connectivity index (χ3n) is 2.68. The van der Waals surface area contributed by atoms with Crippen LogP contribution in [0.2, 0.25) is 5.02 Å². The lowest BCUT2D eigenvalue weighted by Crippen LogP contribution is -2.31. The maximum absolute atomic E-state index is 11.6. The Morgan fingerprint density at radius 2 is 2.11 bits per heavy atom. The van der Waals surface area contributed by atoms with Crippen LogP contribution in [0.4, 0.5) is 5.69 Å². The molecule has 18 heavy (non-hydrogen) atoms. The molecule has 0 bridgehead atoms. The predicted molar refractivity (Wildman–Crippen MR) is 77.1 cm³/mol. The summed E-state index contributed by atoms with van der Waals surface area (Å²) in [6.45, 7) is 7.19. The van der Waals surface area contributed by atoms with Gasteiger partial charge in [-0.25, -0.2) is 0 Å². The number of aryl methyl sites for hydroxylation is 1. The van der Waals surface area contributed by atoms with Crippen molar-refractivity contribution in [1.82, 2.24) is 5.32 Å². The zero-order chi connectivity index (χ0) is 13.5. The standard InChI is InChI=1S/C14H21ClN2O/c1-10(2)7-8-16-13(18)9-17-12-6-4-5-11(3)14(12)15/h4-6,10,17H,7-9H2,1-3H3,(H,16,18). The maximum atomic E-state index is 11.6. The zero-order valence-corrected chi connectivity index (χ0v) is 12.0. The van der Waals surface area contributed by atoms with E-state index in [2.05, 4.69) is 24.5 Å². The Hall–Kier alpha value is -1.22. The molecule has 0 aliphatic carbocycles. The first-order valence-corrected chi connectivity index (χ1v) is 6.64. The van der Waals surface area contributed by atoms with Gasteiger partial charge >= 0.3 is 0 Å². The van der Waals surface area contributed by atoms with Crippen LogP contribution in [-0.4, -0.2) is 19.0 Å². The van der Waals surface area contributed by atoms with E-state index in [1.54, 1.807) is 0 Å². The van der Waals surface area contributed by atoms with Crippen LogP contribution < -0.4 is 10.6 Å². The van der Waals surface area contributed by atoms with Crippen molar-refractivity contribution in [3.8, 4) is 0 Å². The number of halogens is 1. The molecule has 0 radical (unpaired) electrons. The highest BCUT2D eigenvalue weighted by Crippen LogP contribution is 2.24. The molecule has 0 spiro atoms. The van der Waals surface area contributed by atoms with E-state index in [9.17, 15) is 4.79 Å². The monoisotopic (exact) mass is 268 g/mol. The molecule has 0 fully saturated rings. The van der Waals surface area contributed by atoms with Gasteiger partial charge in [-0.3, -0.25) is 4.79 Å². The molecule has 0 heterocycles. The molecule has 4 heteroatoms. The molecule has 1 aromatic rings. The highest BCUT2D eigenvalue weighted by atomic mass is 35.5. The molecule has 0 unspecified atom stereocenters. The van der Waals surface area contributed by atoms with Crippen LogP contribution >= 0.6 is 11.6 Å². The van der Waals surface area contributed by atoms with Crippen LogP contribution in [0.3, 0.4) is 0 Å². The van der Waals surface area contributed by atoms with Crippen LogP contribution in [0.15, 0.2) is 18.2 Å². The first-order chi connectivity index (χ1) is 8.50. The second kappa shape index (κ2) is 7.27. The first kappa shape index (κ1) is 14.8. The molecule has 0 saturated carbocycles. The van der Waals surface area contributed by atoms with Crippen molar-refractivity contribution in [2.24, 2.45) is 5.92 Å². The van der Waals surface area contributed by atoms with Crippen LogP contribution in [0.5, 0.6) is 0 Å². The van der Waals surface area contributed by atoms with Crippen LogP contribution in [0.1, 0.15) is 25.8 Å². The molecular weight excluding hydrogens is 248 g/mol. The average molecular weight is 269 g/mol. The van der Waals surface area contributed by atoms with E-state index in [0.29, 0.717) is 10.9 Å². The van der Waals surface area contributed by atoms with Crippen molar-refractivity contribution in [2.75, 3.05) is 18.4 Å². The van der Waals surface area contributed by atoms with Gasteiger partial charge in [-0.15, -0.1) is 0 Å². The van der Waals surface area contributed by atoms with Crippen molar-refractivity contribution >= 4 is 23.2 Å². The number of carbonyl (C=O) groups is 1. The fourth-order valence-electron chi connectivity index (χ4n) is 1.52. The molecular formula is C14H21ClN2O. The second-order valence-electron chi connectivity index (χ2n) is 4.82. The summed E-state index contributed by atoms with van der Waals surface area (Å²) < 4.78 is 0. The largest absolute Gasteiger partial charge is 0.375 e. The van der Waals surface area contributed by atoms with Crippen molar-refractivity contribution < 1.29 is 4.79 Å². The number of amides is 1. The number of hydrogen-bond acceptors (Lipinski definition) is 2. The Kier molecular flexibility index (Phi) is 5.99. The summed E-state index contributed by atoms with van der Waals surface area (Å²) in [6, 6.07) is 5.73. The summed E-state index contributed by atoms with van der Waals surface area (Å²) in [4.78, 5) is 11.6. The van der Waals surface area contributed by atoms with Gasteiger partial charge in [0.2, 0.25) is 5.91 Å². The topological polar surface area (TPSA) is 41.1 Å². The normalized spacial score (nSPS) is 10.5. The van der Waals surface area contributed by atoms with Crippen molar-refractivity contribution in [2.45, 2.75) is 27.2 Å². The fraction of sp³-hybridized carbons (Fsp3) is 0.500. The van der Waals surface area contributed by atoms with E-state index < -0.39 is 0 Å². The van der Waals surface area contributed by atoms with Gasteiger partial charge in [0.25, 0.3) is 0 Å². The van der Waals surface area contributed by atoms with Gasteiger partial charge in [-0.05, 0) is 30.9 Å². The van der Waals surface area contributed by atoms with Crippen molar-refractivity contribution in [1.29, 1.82) is 0 Å². The van der Waals surface area contributed by atoms with E-state index in [4.69, 9.17) is 11.6 Å². The van der Waals surface area contributed by atoms with Crippen molar-refractivity contribution in [3.05, 3.63) is 28.8 Å². The highest BCUT2D eigenvalue weighted by Gasteiger charge is 2.05. The Morgan fingerprint density at radius 1 is 1.39 bits per heavy atom. The van der Waals surface area contributed by atoms with E-state index in [1.807, 2.05) is 25.1 Å². The molecule has 1 aromatic carbocycles. The predicted octanol–water partition coefficient (Wildman–Crippen LogP) is 3.22. The summed E-state index contributed by atoms with van der Waals surface area (Å²) in [5.41, 5.74) is 1.80. The second-order valence-corrected chi connectivity index (χ2v) is 5.20. The molecule has 100 valence electrons. The van der Waals surface area contributed by atoms with E-state index in [-0.39, 0.29) is 12.5 Å². The zero-order valence-electron chi connectivity index (χ0n) is 11.2. The van der Waals surface area contributed by atoms with Gasteiger partial charge in [-0.2, -0.15) is 0 Å². The summed E-state index contributed by atoms with van der Waals surface area (Å²) in [7, 11) is 0. The van der Waals surface area contributed by atoms with Crippen LogP contribution in [-0.2, 0) is 4.79 Å². The molecule has 0 atom stereocenters. The molecule has 0 saturated heterocycles. The Morgan fingerprint density at radius 3 is 2.78 bits per heavy atom. The van der Waals surface area contributed by atoms with Crippen LogP contribution in [0, 0.1) is 12.8 Å². The summed E-state index contributed by atoms with van der Waals surface area (Å²) in [5, 5.41) is 6.60. The average Bonchev–Trinajstić information content (AvgIpc) is 2.30. The lowest BCUT2D eigenvalue weighted by molar-refractivity contribution is -0.119. The maximum Gasteiger partial charge on any atom is 0.239 e. The molecule has 1 rings (SSSR count). The van der Waals surface area contributed by atoms with E-state index in [1.165, 1.54) is 0 Å². The lowest BCUT2D eigenvalue weighted by Gasteiger charge is -2.11. The summed E-state index contributed by atoms with van der Waals surface area (Å²) >= 11 is 6.13. The molecule has 0 aliphatic rings. The van der Waals surface area contributed by atoms with Gasteiger partial charge in [0.05, 0.1) is 17.3 Å². The molecule has 0 aliphatic heterocycles. The number of benzene rings is 1. The quantitative estimate of drug-likeness (QED) is 0.832. The summed E-state index contributed by atoms with van der Waals surface area (Å²) in [6.07, 6.45) is 0.997. The number of rotatable bonds is 6. The number of carbonyl (C=O) groups excluding carboxylic acids is 1. The minimum absolute atomic E-state index is 0.00628. The van der Waals surface area contributed by atoms with Gasteiger partial charge in [-0.1, -0.05) is 37.6 Å². The lowest BCUT2D eigenvalue weighted by atomic mass is 10.1. The Balaban J connectivity index is 2.36. The Labute approximate surface area is 114 Å². The number of nitrogens with one attached hydrogen (secondary N) is 2. The van der Waals surface area contributed by atoms with Crippen molar-refractivity contribution in [3.63, 3.8) is 0 Å². The third kappa shape index (κ3) is 4.96.